The van der Waals surface area contributed by atoms with Gasteiger partial charge in [0.2, 0.25) is 0 Å². The summed E-state index contributed by atoms with van der Waals surface area (Å²) in [6, 6.07) is 0. The van der Waals surface area contributed by atoms with Crippen LogP contribution in [0.2, 0.25) is 0 Å². The fourth-order valence-electron chi connectivity index (χ4n) is 2.95. The van der Waals surface area contributed by atoms with Gasteiger partial charge >= 0.3 is 0 Å². The number of hydrogen-bond donors (Lipinski definition) is 0. The Hall–Kier alpha value is 0.400. The lowest BCUT2D eigenvalue weighted by molar-refractivity contribution is -0.000363. The van der Waals surface area contributed by atoms with Crippen molar-refractivity contribution in [3.05, 3.63) is 0 Å². The number of alkyl halides is 1. The maximum absolute atomic E-state index is 5.90. The highest BCUT2D eigenvalue weighted by Gasteiger charge is 2.19. The third kappa shape index (κ3) is 9.36. The minimum atomic E-state index is 0.507. The molecule has 0 aromatic carbocycles. The Morgan fingerprint density at radius 1 is 1.05 bits per heavy atom. The van der Waals surface area contributed by atoms with Crippen molar-refractivity contribution in [3.8, 4) is 0 Å². The fraction of sp³-hybridized carbons (Fsp3) is 1.00. The number of likely N-dealkylation sites (tertiary alicyclic amines) is 1. The number of unbranched alkanes of at least 4 members (excludes halogenated alkanes) is 6. The van der Waals surface area contributed by atoms with Gasteiger partial charge in [-0.2, -0.15) is 0 Å². The smallest absolute Gasteiger partial charge is 0.0702 e. The molecule has 0 aromatic rings. The second-order valence-corrected chi connectivity index (χ2v) is 6.89. The van der Waals surface area contributed by atoms with E-state index in [1.54, 1.807) is 0 Å². The minimum Gasteiger partial charge on any atom is -0.377 e. The van der Waals surface area contributed by atoms with Crippen LogP contribution in [0.15, 0.2) is 0 Å². The Balaban J connectivity index is 1.93. The zero-order valence-electron chi connectivity index (χ0n) is 13.4. The van der Waals surface area contributed by atoms with Gasteiger partial charge in [-0.3, -0.25) is 0 Å². The first kappa shape index (κ1) is 18.4. The van der Waals surface area contributed by atoms with Crippen LogP contribution in [-0.4, -0.2) is 42.6 Å². The van der Waals surface area contributed by atoms with Crippen molar-refractivity contribution in [1.29, 1.82) is 0 Å². The molecular weight excluding hydrogens is 314 g/mol. The topological polar surface area (TPSA) is 12.5 Å². The number of piperidine rings is 1. The van der Waals surface area contributed by atoms with Crippen molar-refractivity contribution in [2.24, 2.45) is 0 Å². The molecule has 1 saturated heterocycles. The molecule has 1 unspecified atom stereocenters. The van der Waals surface area contributed by atoms with Crippen molar-refractivity contribution < 1.29 is 4.74 Å². The van der Waals surface area contributed by atoms with Crippen LogP contribution in [0.25, 0.3) is 0 Å². The lowest BCUT2D eigenvalue weighted by Crippen LogP contribution is -2.40. The average Bonchev–Trinajstić information content (AvgIpc) is 2.48. The van der Waals surface area contributed by atoms with Crippen molar-refractivity contribution in [3.63, 3.8) is 0 Å². The lowest BCUT2D eigenvalue weighted by Gasteiger charge is -2.32. The molecule has 1 aliphatic heterocycles. The Kier molecular flexibility index (Phi) is 12.1. The summed E-state index contributed by atoms with van der Waals surface area (Å²) in [5.74, 6) is 0. The van der Waals surface area contributed by atoms with Crippen LogP contribution in [0.3, 0.4) is 0 Å². The normalized spacial score (nSPS) is 20.4. The third-order valence-electron chi connectivity index (χ3n) is 4.13. The van der Waals surface area contributed by atoms with Gasteiger partial charge in [-0.1, -0.05) is 55.0 Å². The summed E-state index contributed by atoms with van der Waals surface area (Å²) in [6.45, 7) is 6.88. The van der Waals surface area contributed by atoms with Gasteiger partial charge < -0.3 is 9.64 Å². The lowest BCUT2D eigenvalue weighted by atomic mass is 10.1. The molecule has 120 valence electrons. The summed E-state index contributed by atoms with van der Waals surface area (Å²) in [5, 5.41) is 1.17. The summed E-state index contributed by atoms with van der Waals surface area (Å²) < 4.78 is 5.90. The second kappa shape index (κ2) is 13.1. The average molecular weight is 348 g/mol. The molecule has 3 heteroatoms. The van der Waals surface area contributed by atoms with E-state index in [2.05, 4.69) is 27.8 Å². The highest BCUT2D eigenvalue weighted by Crippen LogP contribution is 2.15. The Morgan fingerprint density at radius 2 is 1.75 bits per heavy atom. The number of hydrogen-bond acceptors (Lipinski definition) is 2. The van der Waals surface area contributed by atoms with Gasteiger partial charge in [-0.25, -0.2) is 0 Å². The van der Waals surface area contributed by atoms with Crippen LogP contribution in [0.1, 0.15) is 71.1 Å². The molecule has 0 aliphatic carbocycles. The molecule has 0 saturated carbocycles. The van der Waals surface area contributed by atoms with Crippen LogP contribution >= 0.6 is 15.9 Å². The highest BCUT2D eigenvalue weighted by atomic mass is 79.9. The maximum atomic E-state index is 5.90. The molecule has 1 rings (SSSR count). The fourth-order valence-corrected chi connectivity index (χ4v) is 3.35. The number of nitrogens with zero attached hydrogens (tertiary/aromatic N) is 1. The molecule has 1 fully saturated rings. The van der Waals surface area contributed by atoms with Crippen molar-refractivity contribution >= 4 is 15.9 Å². The first-order valence-corrected chi connectivity index (χ1v) is 9.89. The zero-order valence-corrected chi connectivity index (χ0v) is 15.0. The molecule has 0 amide bonds. The predicted molar refractivity (Wildman–Crippen MR) is 91.8 cm³/mol. The van der Waals surface area contributed by atoms with E-state index >= 15 is 0 Å². The molecule has 1 aliphatic rings. The molecule has 1 heterocycles. The zero-order chi connectivity index (χ0) is 14.5. The van der Waals surface area contributed by atoms with Crippen molar-refractivity contribution in [2.45, 2.75) is 77.2 Å². The predicted octanol–water partition coefficient (Wildman–Crippen LogP) is 5.00. The number of rotatable bonds is 12. The Morgan fingerprint density at radius 3 is 2.45 bits per heavy atom. The van der Waals surface area contributed by atoms with E-state index in [0.717, 1.165) is 13.0 Å². The van der Waals surface area contributed by atoms with Gasteiger partial charge in [0, 0.05) is 18.5 Å². The summed E-state index contributed by atoms with van der Waals surface area (Å²) >= 11 is 3.49. The van der Waals surface area contributed by atoms with Gasteiger partial charge in [-0.05, 0) is 45.2 Å². The molecule has 2 nitrogen and oxygen atoms in total. The van der Waals surface area contributed by atoms with Crippen LogP contribution in [0.4, 0.5) is 0 Å². The number of ether oxygens (including phenoxy) is 1. The summed E-state index contributed by atoms with van der Waals surface area (Å²) in [5.41, 5.74) is 0. The highest BCUT2D eigenvalue weighted by molar-refractivity contribution is 9.09. The minimum absolute atomic E-state index is 0.507. The first-order chi connectivity index (χ1) is 9.86. The Bertz CT molecular complexity index is 213. The molecule has 0 bridgehead atoms. The van der Waals surface area contributed by atoms with E-state index < -0.39 is 0 Å². The largest absolute Gasteiger partial charge is 0.377 e. The van der Waals surface area contributed by atoms with E-state index in [-0.39, 0.29) is 0 Å². The van der Waals surface area contributed by atoms with E-state index in [0.29, 0.717) is 6.10 Å². The van der Waals surface area contributed by atoms with Gasteiger partial charge in [0.05, 0.1) is 6.10 Å². The molecule has 1 atom stereocenters. The SMILES string of the molecule is CCCOC1CCCN(CCCCCCCCCBr)C1. The molecule has 0 spiro atoms. The van der Waals surface area contributed by atoms with Crippen LogP contribution < -0.4 is 0 Å². The quantitative estimate of drug-likeness (QED) is 0.363. The van der Waals surface area contributed by atoms with E-state index in [1.165, 1.54) is 82.8 Å². The Labute approximate surface area is 134 Å². The van der Waals surface area contributed by atoms with Gasteiger partial charge in [-0.15, -0.1) is 0 Å². The van der Waals surface area contributed by atoms with Crippen LogP contribution in [-0.2, 0) is 4.74 Å². The van der Waals surface area contributed by atoms with E-state index in [1.807, 2.05) is 0 Å². The van der Waals surface area contributed by atoms with Gasteiger partial charge in [0.25, 0.3) is 0 Å². The van der Waals surface area contributed by atoms with E-state index in [9.17, 15) is 0 Å². The standard InChI is InChI=1S/C17H34BrNO/c1-2-15-20-17-11-10-14-19(16-17)13-9-7-5-3-4-6-8-12-18/h17H,2-16H2,1H3. The van der Waals surface area contributed by atoms with Gasteiger partial charge in [0.1, 0.15) is 0 Å². The maximum Gasteiger partial charge on any atom is 0.0702 e. The number of halogens is 1. The van der Waals surface area contributed by atoms with Crippen molar-refractivity contribution in [1.82, 2.24) is 4.90 Å². The molecular formula is C17H34BrNO. The second-order valence-electron chi connectivity index (χ2n) is 6.10. The van der Waals surface area contributed by atoms with Crippen LogP contribution in [0.5, 0.6) is 0 Å². The summed E-state index contributed by atoms with van der Waals surface area (Å²) in [6.07, 6.45) is 14.0. The monoisotopic (exact) mass is 347 g/mol. The van der Waals surface area contributed by atoms with Gasteiger partial charge in [0.15, 0.2) is 0 Å². The third-order valence-corrected chi connectivity index (χ3v) is 4.69. The van der Waals surface area contributed by atoms with E-state index in [4.69, 9.17) is 4.74 Å². The molecule has 0 radical (unpaired) electrons. The summed E-state index contributed by atoms with van der Waals surface area (Å²) in [7, 11) is 0. The van der Waals surface area contributed by atoms with Crippen molar-refractivity contribution in [2.75, 3.05) is 31.6 Å². The summed E-state index contributed by atoms with van der Waals surface area (Å²) in [4.78, 5) is 2.62. The first-order valence-electron chi connectivity index (χ1n) is 8.76. The molecule has 0 aromatic heterocycles. The van der Waals surface area contributed by atoms with Crippen LogP contribution in [0, 0.1) is 0 Å². The molecule has 20 heavy (non-hydrogen) atoms. The molecule has 0 N–H and O–H groups in total.